The standard InChI is InChI=1S/C13H15N3/c1-3-10-4-6-11(7-5-10)13-15-8-12(14-2)9-16-13/h4-9,14H,3H2,1-2H3. The summed E-state index contributed by atoms with van der Waals surface area (Å²) in [6, 6.07) is 8.36. The number of nitrogens with zero attached hydrogens (tertiary/aromatic N) is 2. The first kappa shape index (κ1) is 10.6. The van der Waals surface area contributed by atoms with Gasteiger partial charge in [0, 0.05) is 12.6 Å². The Hall–Kier alpha value is -1.90. The molecule has 82 valence electrons. The molecular formula is C13H15N3. The van der Waals surface area contributed by atoms with Crippen molar-refractivity contribution in [2.75, 3.05) is 12.4 Å². The van der Waals surface area contributed by atoms with E-state index in [1.54, 1.807) is 12.4 Å². The van der Waals surface area contributed by atoms with Gasteiger partial charge < -0.3 is 5.32 Å². The van der Waals surface area contributed by atoms with Gasteiger partial charge in [0.25, 0.3) is 0 Å². The number of aryl methyl sites for hydroxylation is 1. The molecule has 0 saturated carbocycles. The molecule has 3 heteroatoms. The predicted molar refractivity (Wildman–Crippen MR) is 66.4 cm³/mol. The summed E-state index contributed by atoms with van der Waals surface area (Å²) in [5.41, 5.74) is 3.31. The molecule has 0 aliphatic carbocycles. The Morgan fingerprint density at radius 2 is 1.69 bits per heavy atom. The van der Waals surface area contributed by atoms with Crippen molar-refractivity contribution < 1.29 is 0 Å². The van der Waals surface area contributed by atoms with Crippen LogP contribution in [0.3, 0.4) is 0 Å². The molecular weight excluding hydrogens is 198 g/mol. The van der Waals surface area contributed by atoms with Crippen LogP contribution in [0.25, 0.3) is 11.4 Å². The largest absolute Gasteiger partial charge is 0.386 e. The molecule has 1 aromatic carbocycles. The van der Waals surface area contributed by atoms with Crippen LogP contribution in [0.2, 0.25) is 0 Å². The second-order valence-corrected chi connectivity index (χ2v) is 3.60. The average Bonchev–Trinajstić information content (AvgIpc) is 2.39. The molecule has 2 rings (SSSR count). The number of hydrogen-bond donors (Lipinski definition) is 1. The number of anilines is 1. The van der Waals surface area contributed by atoms with Gasteiger partial charge in [-0.15, -0.1) is 0 Å². The molecule has 0 atom stereocenters. The van der Waals surface area contributed by atoms with Gasteiger partial charge in [0.15, 0.2) is 5.82 Å². The highest BCUT2D eigenvalue weighted by Crippen LogP contribution is 2.16. The Labute approximate surface area is 95.6 Å². The number of aromatic nitrogens is 2. The van der Waals surface area contributed by atoms with Crippen molar-refractivity contribution in [2.24, 2.45) is 0 Å². The van der Waals surface area contributed by atoms with Crippen LogP contribution in [0.1, 0.15) is 12.5 Å². The summed E-state index contributed by atoms with van der Waals surface area (Å²) in [6.07, 6.45) is 4.63. The third-order valence-electron chi connectivity index (χ3n) is 2.56. The second-order valence-electron chi connectivity index (χ2n) is 3.60. The van der Waals surface area contributed by atoms with E-state index in [0.29, 0.717) is 0 Å². The molecule has 0 saturated heterocycles. The van der Waals surface area contributed by atoms with Crippen molar-refractivity contribution in [3.05, 3.63) is 42.2 Å². The normalized spacial score (nSPS) is 10.1. The van der Waals surface area contributed by atoms with Crippen LogP contribution in [0.5, 0.6) is 0 Å². The minimum absolute atomic E-state index is 0.765. The average molecular weight is 213 g/mol. The molecule has 0 aliphatic heterocycles. The first-order chi connectivity index (χ1) is 7.83. The summed E-state index contributed by atoms with van der Waals surface area (Å²) >= 11 is 0. The lowest BCUT2D eigenvalue weighted by molar-refractivity contribution is 1.13. The van der Waals surface area contributed by atoms with Crippen molar-refractivity contribution in [1.29, 1.82) is 0 Å². The molecule has 0 radical (unpaired) electrons. The first-order valence-corrected chi connectivity index (χ1v) is 5.42. The van der Waals surface area contributed by atoms with Crippen LogP contribution in [0, 0.1) is 0 Å². The zero-order valence-electron chi connectivity index (χ0n) is 9.57. The molecule has 0 bridgehead atoms. The molecule has 0 fully saturated rings. The number of nitrogens with one attached hydrogen (secondary N) is 1. The maximum absolute atomic E-state index is 4.30. The lowest BCUT2D eigenvalue weighted by Crippen LogP contribution is -1.93. The highest BCUT2D eigenvalue weighted by atomic mass is 14.9. The minimum atomic E-state index is 0.765. The van der Waals surface area contributed by atoms with Gasteiger partial charge in [0.2, 0.25) is 0 Å². The fraction of sp³-hybridized carbons (Fsp3) is 0.231. The molecule has 3 nitrogen and oxygen atoms in total. The predicted octanol–water partition coefficient (Wildman–Crippen LogP) is 2.75. The van der Waals surface area contributed by atoms with Gasteiger partial charge in [-0.3, -0.25) is 0 Å². The zero-order chi connectivity index (χ0) is 11.4. The Morgan fingerprint density at radius 3 is 2.19 bits per heavy atom. The SMILES string of the molecule is CCc1ccc(-c2ncc(NC)cn2)cc1. The topological polar surface area (TPSA) is 37.8 Å². The monoisotopic (exact) mass is 213 g/mol. The number of benzene rings is 1. The van der Waals surface area contributed by atoms with Crippen molar-refractivity contribution in [1.82, 2.24) is 9.97 Å². The van der Waals surface area contributed by atoms with Crippen molar-refractivity contribution in [2.45, 2.75) is 13.3 Å². The Bertz CT molecular complexity index is 400. The molecule has 0 spiro atoms. The van der Waals surface area contributed by atoms with Gasteiger partial charge >= 0.3 is 0 Å². The number of hydrogen-bond acceptors (Lipinski definition) is 3. The highest BCUT2D eigenvalue weighted by molar-refractivity contribution is 5.56. The summed E-state index contributed by atoms with van der Waals surface area (Å²) in [4.78, 5) is 8.60. The zero-order valence-corrected chi connectivity index (χ0v) is 9.57. The minimum Gasteiger partial charge on any atom is -0.386 e. The van der Waals surface area contributed by atoms with E-state index in [0.717, 1.165) is 23.5 Å². The Kier molecular flexibility index (Phi) is 3.15. The molecule has 0 unspecified atom stereocenters. The van der Waals surface area contributed by atoms with Crippen LogP contribution in [-0.4, -0.2) is 17.0 Å². The molecule has 0 amide bonds. The number of rotatable bonds is 3. The van der Waals surface area contributed by atoms with Gasteiger partial charge in [-0.05, 0) is 12.0 Å². The Balaban J connectivity index is 2.28. The second kappa shape index (κ2) is 4.75. The molecule has 2 aromatic rings. The first-order valence-electron chi connectivity index (χ1n) is 5.42. The maximum Gasteiger partial charge on any atom is 0.159 e. The van der Waals surface area contributed by atoms with Gasteiger partial charge in [-0.25, -0.2) is 9.97 Å². The molecule has 1 aromatic heterocycles. The summed E-state index contributed by atoms with van der Waals surface area (Å²) in [5, 5.41) is 3.00. The molecule has 16 heavy (non-hydrogen) atoms. The van der Waals surface area contributed by atoms with E-state index < -0.39 is 0 Å². The van der Waals surface area contributed by atoms with E-state index in [4.69, 9.17) is 0 Å². The summed E-state index contributed by atoms with van der Waals surface area (Å²) in [6.45, 7) is 2.15. The van der Waals surface area contributed by atoms with E-state index in [9.17, 15) is 0 Å². The van der Waals surface area contributed by atoms with Gasteiger partial charge in [-0.2, -0.15) is 0 Å². The maximum atomic E-state index is 4.30. The van der Waals surface area contributed by atoms with Crippen LogP contribution in [0.4, 0.5) is 5.69 Å². The third kappa shape index (κ3) is 2.19. The fourth-order valence-corrected chi connectivity index (χ4v) is 1.50. The van der Waals surface area contributed by atoms with Crippen molar-refractivity contribution in [3.8, 4) is 11.4 Å². The summed E-state index contributed by atoms with van der Waals surface area (Å²) in [7, 11) is 1.86. The van der Waals surface area contributed by atoms with Crippen LogP contribution < -0.4 is 5.32 Å². The lowest BCUT2D eigenvalue weighted by Gasteiger charge is -2.03. The van der Waals surface area contributed by atoms with Crippen LogP contribution >= 0.6 is 0 Å². The summed E-state index contributed by atoms with van der Waals surface area (Å²) in [5.74, 6) is 0.765. The lowest BCUT2D eigenvalue weighted by atomic mass is 10.1. The van der Waals surface area contributed by atoms with Crippen LogP contribution in [0.15, 0.2) is 36.7 Å². The van der Waals surface area contributed by atoms with Crippen LogP contribution in [-0.2, 0) is 6.42 Å². The van der Waals surface area contributed by atoms with E-state index >= 15 is 0 Å². The smallest absolute Gasteiger partial charge is 0.159 e. The van der Waals surface area contributed by atoms with Gasteiger partial charge in [-0.1, -0.05) is 31.2 Å². The van der Waals surface area contributed by atoms with Gasteiger partial charge in [0.1, 0.15) is 0 Å². The quantitative estimate of drug-likeness (QED) is 0.851. The van der Waals surface area contributed by atoms with Crippen molar-refractivity contribution in [3.63, 3.8) is 0 Å². The van der Waals surface area contributed by atoms with E-state index in [-0.39, 0.29) is 0 Å². The fourth-order valence-electron chi connectivity index (χ4n) is 1.50. The highest BCUT2D eigenvalue weighted by Gasteiger charge is 2.00. The van der Waals surface area contributed by atoms with E-state index in [1.807, 2.05) is 7.05 Å². The molecule has 1 heterocycles. The van der Waals surface area contributed by atoms with E-state index in [2.05, 4.69) is 46.5 Å². The molecule has 1 N–H and O–H groups in total. The van der Waals surface area contributed by atoms with E-state index in [1.165, 1.54) is 5.56 Å². The summed E-state index contributed by atoms with van der Waals surface area (Å²) < 4.78 is 0. The third-order valence-corrected chi connectivity index (χ3v) is 2.56. The Morgan fingerprint density at radius 1 is 1.06 bits per heavy atom. The molecule has 0 aliphatic rings. The van der Waals surface area contributed by atoms with Gasteiger partial charge in [0.05, 0.1) is 18.1 Å². The van der Waals surface area contributed by atoms with Crippen molar-refractivity contribution >= 4 is 5.69 Å².